The summed E-state index contributed by atoms with van der Waals surface area (Å²) in [7, 11) is 0. The monoisotopic (exact) mass is 270 g/mol. The fraction of sp³-hybridized carbons (Fsp3) is 0.333. The van der Waals surface area contributed by atoms with Crippen molar-refractivity contribution in [1.29, 1.82) is 0 Å². The van der Waals surface area contributed by atoms with E-state index in [1.165, 1.54) is 17.2 Å². The van der Waals surface area contributed by atoms with Crippen molar-refractivity contribution in [2.75, 3.05) is 0 Å². The van der Waals surface area contributed by atoms with Crippen LogP contribution >= 0.6 is 0 Å². The van der Waals surface area contributed by atoms with Crippen molar-refractivity contribution < 1.29 is 9.13 Å². The van der Waals surface area contributed by atoms with Crippen LogP contribution in [0.2, 0.25) is 0 Å². The Bertz CT molecular complexity index is 635. The largest absolute Gasteiger partial charge is 0.483 e. The summed E-state index contributed by atoms with van der Waals surface area (Å²) in [5.74, 6) is 0.923. The summed E-state index contributed by atoms with van der Waals surface area (Å²) in [6.45, 7) is 6.23. The van der Waals surface area contributed by atoms with Crippen LogP contribution in [-0.4, -0.2) is 5.60 Å². The highest BCUT2D eigenvalue weighted by atomic mass is 19.1. The van der Waals surface area contributed by atoms with E-state index in [0.29, 0.717) is 0 Å². The quantitative estimate of drug-likeness (QED) is 0.706. The molecule has 0 fully saturated rings. The summed E-state index contributed by atoms with van der Waals surface area (Å²) in [6, 6.07) is 6.88. The van der Waals surface area contributed by atoms with Gasteiger partial charge in [0, 0.05) is 11.5 Å². The number of ether oxygens (including phenoxy) is 1. The van der Waals surface area contributed by atoms with Gasteiger partial charge < -0.3 is 4.74 Å². The minimum atomic E-state index is -0.281. The van der Waals surface area contributed by atoms with E-state index in [-0.39, 0.29) is 17.3 Å². The van der Waals surface area contributed by atoms with Crippen molar-refractivity contribution >= 4 is 0 Å². The molecular formula is C18H19FO. The second-order valence-corrected chi connectivity index (χ2v) is 6.06. The van der Waals surface area contributed by atoms with Gasteiger partial charge in [-0.25, -0.2) is 4.39 Å². The number of hydrogen-bond donors (Lipinski definition) is 0. The molecule has 20 heavy (non-hydrogen) atoms. The predicted octanol–water partition coefficient (Wildman–Crippen LogP) is 4.88. The predicted molar refractivity (Wildman–Crippen MR) is 78.8 cm³/mol. The zero-order valence-corrected chi connectivity index (χ0v) is 12.1. The molecule has 1 nitrogen and oxygen atoms in total. The lowest BCUT2D eigenvalue weighted by Crippen LogP contribution is -2.28. The van der Waals surface area contributed by atoms with Gasteiger partial charge in [-0.2, -0.15) is 0 Å². The van der Waals surface area contributed by atoms with Crippen LogP contribution in [0.1, 0.15) is 38.7 Å². The van der Waals surface area contributed by atoms with Gasteiger partial charge in [0.25, 0.3) is 0 Å². The summed E-state index contributed by atoms with van der Waals surface area (Å²) in [4.78, 5) is 0. The van der Waals surface area contributed by atoms with Gasteiger partial charge >= 0.3 is 0 Å². The van der Waals surface area contributed by atoms with Gasteiger partial charge in [-0.1, -0.05) is 18.2 Å². The fourth-order valence-corrected chi connectivity index (χ4v) is 3.19. The summed E-state index contributed by atoms with van der Waals surface area (Å²) < 4.78 is 19.5. The average Bonchev–Trinajstić information content (AvgIpc) is 2.36. The van der Waals surface area contributed by atoms with Crippen LogP contribution in [0.15, 0.2) is 59.4 Å². The Hall–Kier alpha value is -1.83. The van der Waals surface area contributed by atoms with Crippen LogP contribution in [-0.2, 0) is 4.74 Å². The van der Waals surface area contributed by atoms with Crippen molar-refractivity contribution in [2.45, 2.75) is 38.7 Å². The minimum Gasteiger partial charge on any atom is -0.483 e. The molecule has 3 rings (SSSR count). The molecule has 104 valence electrons. The van der Waals surface area contributed by atoms with Crippen molar-refractivity contribution in [3.63, 3.8) is 0 Å². The second kappa shape index (κ2) is 4.62. The van der Waals surface area contributed by atoms with E-state index in [9.17, 15) is 4.39 Å². The van der Waals surface area contributed by atoms with Crippen LogP contribution in [0.25, 0.3) is 0 Å². The van der Waals surface area contributed by atoms with Gasteiger partial charge in [-0.05, 0) is 62.6 Å². The summed E-state index contributed by atoms with van der Waals surface area (Å²) >= 11 is 0. The molecule has 0 saturated heterocycles. The maximum Gasteiger partial charge on any atom is 0.124 e. The van der Waals surface area contributed by atoms with Gasteiger partial charge in [0.05, 0.1) is 0 Å². The molecule has 1 aromatic rings. The molecule has 0 aromatic heterocycles. The fourth-order valence-electron chi connectivity index (χ4n) is 3.19. The second-order valence-electron chi connectivity index (χ2n) is 6.06. The third-order valence-electron chi connectivity index (χ3n) is 3.87. The topological polar surface area (TPSA) is 9.23 Å². The first-order valence-electron chi connectivity index (χ1n) is 7.01. The zero-order valence-electron chi connectivity index (χ0n) is 12.1. The highest BCUT2D eigenvalue weighted by Gasteiger charge is 2.31. The van der Waals surface area contributed by atoms with Gasteiger partial charge in [-0.3, -0.25) is 0 Å². The van der Waals surface area contributed by atoms with Gasteiger partial charge in [0.2, 0.25) is 0 Å². The molecule has 1 aromatic carbocycles. The highest BCUT2D eigenvalue weighted by molar-refractivity contribution is 5.50. The molecule has 2 heteroatoms. The highest BCUT2D eigenvalue weighted by Crippen LogP contribution is 2.43. The number of hydrogen-bond acceptors (Lipinski definition) is 1. The Kier molecular flexibility index (Phi) is 3.04. The molecule has 2 aliphatic rings. The molecule has 1 atom stereocenters. The number of allylic oxidation sites excluding steroid dienone is 4. The molecule has 1 aliphatic carbocycles. The summed E-state index contributed by atoms with van der Waals surface area (Å²) in [5.41, 5.74) is 3.15. The third-order valence-corrected chi connectivity index (χ3v) is 3.87. The smallest absolute Gasteiger partial charge is 0.124 e. The SMILES string of the molecule is CC1=CC(C)(C)OC2=C1[C@@H](c1cccc(F)c1)CC=C2. The van der Waals surface area contributed by atoms with Crippen LogP contribution < -0.4 is 0 Å². The Morgan fingerprint density at radius 1 is 1.30 bits per heavy atom. The van der Waals surface area contributed by atoms with Crippen LogP contribution in [0, 0.1) is 5.82 Å². The third kappa shape index (κ3) is 2.31. The van der Waals surface area contributed by atoms with Gasteiger partial charge in [-0.15, -0.1) is 0 Å². The lowest BCUT2D eigenvalue weighted by Gasteiger charge is -2.36. The van der Waals surface area contributed by atoms with Crippen LogP contribution in [0.3, 0.4) is 0 Å². The lowest BCUT2D eigenvalue weighted by atomic mass is 9.79. The standard InChI is InChI=1S/C18H19FO/c1-12-11-18(2,3)20-16-9-5-8-15(17(12)16)13-6-4-7-14(19)10-13/h4-7,9-11,15H,8H2,1-3H3/t15-/m1/s1. The summed E-state index contributed by atoms with van der Waals surface area (Å²) in [5, 5.41) is 0. The Balaban J connectivity index is 2.06. The van der Waals surface area contributed by atoms with Crippen molar-refractivity contribution in [3.8, 4) is 0 Å². The maximum atomic E-state index is 13.5. The Morgan fingerprint density at radius 3 is 2.85 bits per heavy atom. The molecule has 0 unspecified atom stereocenters. The van der Waals surface area contributed by atoms with Gasteiger partial charge in [0.15, 0.2) is 0 Å². The first-order chi connectivity index (χ1) is 9.46. The van der Waals surface area contributed by atoms with Crippen LogP contribution in [0.5, 0.6) is 0 Å². The molecule has 1 heterocycles. The van der Waals surface area contributed by atoms with E-state index in [1.807, 2.05) is 12.1 Å². The zero-order chi connectivity index (χ0) is 14.3. The number of benzene rings is 1. The molecule has 0 saturated carbocycles. The Morgan fingerprint density at radius 2 is 2.10 bits per heavy atom. The first-order valence-corrected chi connectivity index (χ1v) is 7.01. The molecule has 0 bridgehead atoms. The van der Waals surface area contributed by atoms with Crippen molar-refractivity contribution in [2.24, 2.45) is 0 Å². The van der Waals surface area contributed by atoms with E-state index in [0.717, 1.165) is 17.7 Å². The maximum absolute atomic E-state index is 13.5. The summed E-state index contributed by atoms with van der Waals surface area (Å²) in [6.07, 6.45) is 7.20. The van der Waals surface area contributed by atoms with E-state index in [4.69, 9.17) is 4.74 Å². The number of halogens is 1. The van der Waals surface area contributed by atoms with Crippen molar-refractivity contribution in [1.82, 2.24) is 0 Å². The first kappa shape index (κ1) is 13.2. The Labute approximate surface area is 119 Å². The molecule has 0 radical (unpaired) electrons. The van der Waals surface area contributed by atoms with E-state index < -0.39 is 0 Å². The molecule has 1 aliphatic heterocycles. The van der Waals surface area contributed by atoms with Gasteiger partial charge in [0.1, 0.15) is 17.2 Å². The molecule has 0 spiro atoms. The number of rotatable bonds is 1. The minimum absolute atomic E-state index is 0.179. The van der Waals surface area contributed by atoms with Crippen molar-refractivity contribution in [3.05, 3.63) is 70.8 Å². The van der Waals surface area contributed by atoms with E-state index in [1.54, 1.807) is 12.1 Å². The molecular weight excluding hydrogens is 251 g/mol. The molecule has 0 N–H and O–H groups in total. The lowest BCUT2D eigenvalue weighted by molar-refractivity contribution is 0.0777. The van der Waals surface area contributed by atoms with Crippen LogP contribution in [0.4, 0.5) is 4.39 Å². The average molecular weight is 270 g/mol. The van der Waals surface area contributed by atoms with E-state index in [2.05, 4.69) is 32.9 Å². The van der Waals surface area contributed by atoms with E-state index >= 15 is 0 Å². The normalized spacial score (nSPS) is 24.0. The molecule has 0 amide bonds.